The third kappa shape index (κ3) is 7.35. The Hall–Kier alpha value is -1.24. The molecule has 0 aliphatic heterocycles. The van der Waals surface area contributed by atoms with Crippen LogP contribution in [0.25, 0.3) is 0 Å². The minimum absolute atomic E-state index is 0.0295. The van der Waals surface area contributed by atoms with Crippen molar-refractivity contribution in [1.82, 2.24) is 0 Å². The van der Waals surface area contributed by atoms with Crippen LogP contribution in [0.5, 0.6) is 5.75 Å². The highest BCUT2D eigenvalue weighted by atomic mass is 127. The maximum absolute atomic E-state index is 12.2. The zero-order valence-electron chi connectivity index (χ0n) is 15.7. The molecular weight excluding hydrogens is 464 g/mol. The summed E-state index contributed by atoms with van der Waals surface area (Å²) in [7, 11) is 0. The van der Waals surface area contributed by atoms with Gasteiger partial charge >= 0.3 is 6.18 Å². The minimum Gasteiger partial charge on any atom is -0.494 e. The van der Waals surface area contributed by atoms with Gasteiger partial charge in [-0.15, -0.1) is 0 Å². The molecule has 2 aromatic carbocycles. The van der Waals surface area contributed by atoms with Gasteiger partial charge < -0.3 is 4.74 Å². The van der Waals surface area contributed by atoms with Crippen LogP contribution in [0.3, 0.4) is 0 Å². The van der Waals surface area contributed by atoms with E-state index in [1.807, 2.05) is 30.3 Å². The third-order valence-corrected chi connectivity index (χ3v) is 5.99. The maximum atomic E-state index is 12.2. The van der Waals surface area contributed by atoms with E-state index in [-0.39, 0.29) is 15.8 Å². The van der Waals surface area contributed by atoms with E-state index in [2.05, 4.69) is 60.7 Å². The topological polar surface area (TPSA) is 9.23 Å². The number of ether oxygens (including phenoxy) is 1. The van der Waals surface area contributed by atoms with Crippen LogP contribution in [-0.4, -0.2) is 16.7 Å². The Morgan fingerprint density at radius 3 is 2.07 bits per heavy atom. The van der Waals surface area contributed by atoms with Crippen molar-refractivity contribution in [2.75, 3.05) is 6.61 Å². The first-order valence-electron chi connectivity index (χ1n) is 9.18. The van der Waals surface area contributed by atoms with Gasteiger partial charge in [-0.25, -0.2) is 0 Å². The number of rotatable bonds is 9. The number of benzene rings is 2. The fourth-order valence-electron chi connectivity index (χ4n) is 2.95. The molecule has 0 spiro atoms. The fraction of sp³-hybridized carbons (Fsp3) is 0.455. The number of hydrogen-bond donors (Lipinski definition) is 0. The molecule has 0 saturated carbocycles. The van der Waals surface area contributed by atoms with Crippen molar-refractivity contribution < 1.29 is 17.9 Å². The van der Waals surface area contributed by atoms with Crippen LogP contribution in [0.4, 0.5) is 13.2 Å². The normalized spacial score (nSPS) is 13.4. The molecule has 0 radical (unpaired) electrons. The highest BCUT2D eigenvalue weighted by Gasteiger charge is 2.27. The summed E-state index contributed by atoms with van der Waals surface area (Å²) < 4.78 is 42.4. The summed E-state index contributed by atoms with van der Waals surface area (Å²) in [6.07, 6.45) is -3.11. The Labute approximate surface area is 173 Å². The van der Waals surface area contributed by atoms with Crippen LogP contribution in [0.2, 0.25) is 0 Å². The lowest BCUT2D eigenvalue weighted by Crippen LogP contribution is -2.18. The van der Waals surface area contributed by atoms with Crippen molar-refractivity contribution in [3.05, 3.63) is 65.7 Å². The molecule has 2 rings (SSSR count). The van der Waals surface area contributed by atoms with Crippen LogP contribution < -0.4 is 4.74 Å². The Morgan fingerprint density at radius 1 is 0.889 bits per heavy atom. The van der Waals surface area contributed by atoms with Crippen LogP contribution in [0.15, 0.2) is 54.6 Å². The zero-order chi connectivity index (χ0) is 19.9. The highest BCUT2D eigenvalue weighted by Crippen LogP contribution is 2.32. The van der Waals surface area contributed by atoms with E-state index in [0.717, 1.165) is 18.6 Å². The predicted molar refractivity (Wildman–Crippen MR) is 113 cm³/mol. The van der Waals surface area contributed by atoms with Gasteiger partial charge in [-0.3, -0.25) is 0 Å². The molecule has 5 heteroatoms. The smallest absolute Gasteiger partial charge is 0.389 e. The maximum Gasteiger partial charge on any atom is 0.389 e. The van der Waals surface area contributed by atoms with Crippen molar-refractivity contribution in [2.24, 2.45) is 0 Å². The van der Waals surface area contributed by atoms with Crippen molar-refractivity contribution in [1.29, 1.82) is 0 Å². The van der Waals surface area contributed by atoms with E-state index < -0.39 is 12.6 Å². The summed E-state index contributed by atoms with van der Waals surface area (Å²) in [5.74, 6) is 0.794. The molecule has 0 aliphatic carbocycles. The first-order chi connectivity index (χ1) is 12.7. The van der Waals surface area contributed by atoms with Crippen LogP contribution in [-0.2, 0) is 5.41 Å². The molecule has 2 aromatic rings. The summed E-state index contributed by atoms with van der Waals surface area (Å²) in [5.41, 5.74) is 2.37. The van der Waals surface area contributed by atoms with Gasteiger partial charge in [0.05, 0.1) is 6.61 Å². The summed E-state index contributed by atoms with van der Waals surface area (Å²) in [6.45, 7) is 4.91. The van der Waals surface area contributed by atoms with E-state index >= 15 is 0 Å². The fourth-order valence-corrected chi connectivity index (χ4v) is 3.70. The van der Waals surface area contributed by atoms with E-state index in [0.29, 0.717) is 6.61 Å². The second kappa shape index (κ2) is 9.80. The lowest BCUT2D eigenvalue weighted by Gasteiger charge is -2.26. The second-order valence-corrected chi connectivity index (χ2v) is 9.02. The van der Waals surface area contributed by atoms with Crippen molar-refractivity contribution in [2.45, 2.75) is 55.0 Å². The van der Waals surface area contributed by atoms with E-state index in [4.69, 9.17) is 4.74 Å². The van der Waals surface area contributed by atoms with Gasteiger partial charge in [0.25, 0.3) is 0 Å². The average Bonchev–Trinajstić information content (AvgIpc) is 2.64. The van der Waals surface area contributed by atoms with E-state index in [9.17, 15) is 13.2 Å². The van der Waals surface area contributed by atoms with Gasteiger partial charge in [0.15, 0.2) is 0 Å². The minimum atomic E-state index is -4.06. The van der Waals surface area contributed by atoms with Crippen LogP contribution in [0, 0.1) is 0 Å². The largest absolute Gasteiger partial charge is 0.494 e. The van der Waals surface area contributed by atoms with Gasteiger partial charge in [0.1, 0.15) is 5.75 Å². The molecular formula is C22H26F3IO. The van der Waals surface area contributed by atoms with Crippen molar-refractivity contribution in [3.8, 4) is 5.75 Å². The first-order valence-corrected chi connectivity index (χ1v) is 10.4. The van der Waals surface area contributed by atoms with Crippen LogP contribution >= 0.6 is 22.6 Å². The predicted octanol–water partition coefficient (Wildman–Crippen LogP) is 7.32. The molecule has 0 bridgehead atoms. The van der Waals surface area contributed by atoms with Gasteiger partial charge in [-0.2, -0.15) is 13.2 Å². The van der Waals surface area contributed by atoms with Gasteiger partial charge in [-0.05, 0) is 42.5 Å². The molecule has 0 aliphatic rings. The van der Waals surface area contributed by atoms with Crippen LogP contribution in [0.1, 0.15) is 50.7 Å². The molecule has 1 nitrogen and oxygen atoms in total. The zero-order valence-corrected chi connectivity index (χ0v) is 17.9. The summed E-state index contributed by atoms with van der Waals surface area (Å²) >= 11 is 2.10. The molecule has 0 saturated heterocycles. The molecule has 1 atom stereocenters. The summed E-state index contributed by atoms with van der Waals surface area (Å²) in [4.78, 5) is 0. The molecule has 0 fully saturated rings. The quantitative estimate of drug-likeness (QED) is 0.203. The molecule has 1 unspecified atom stereocenters. The molecule has 0 N–H and O–H groups in total. The highest BCUT2D eigenvalue weighted by molar-refractivity contribution is 14.1. The molecule has 0 aromatic heterocycles. The third-order valence-electron chi connectivity index (χ3n) is 4.74. The Balaban J connectivity index is 1.79. The number of alkyl halides is 4. The number of halogens is 4. The first kappa shape index (κ1) is 22.1. The summed E-state index contributed by atoms with van der Waals surface area (Å²) in [6, 6.07) is 18.4. The molecule has 0 amide bonds. The number of hydrogen-bond acceptors (Lipinski definition) is 1. The molecule has 148 valence electrons. The monoisotopic (exact) mass is 490 g/mol. The second-order valence-electron chi connectivity index (χ2n) is 7.26. The van der Waals surface area contributed by atoms with Gasteiger partial charge in [0.2, 0.25) is 0 Å². The summed E-state index contributed by atoms with van der Waals surface area (Å²) in [5, 5.41) is 0. The lowest BCUT2D eigenvalue weighted by atomic mass is 9.78. The van der Waals surface area contributed by atoms with E-state index in [1.54, 1.807) is 0 Å². The molecule has 0 heterocycles. The Bertz CT molecular complexity index is 681. The van der Waals surface area contributed by atoms with E-state index in [1.165, 1.54) is 11.1 Å². The van der Waals surface area contributed by atoms with Gasteiger partial charge in [0, 0.05) is 15.8 Å². The van der Waals surface area contributed by atoms with Crippen molar-refractivity contribution in [3.63, 3.8) is 0 Å². The Kier molecular flexibility index (Phi) is 8.01. The average molecular weight is 490 g/mol. The lowest BCUT2D eigenvalue weighted by molar-refractivity contribution is -0.135. The standard InChI is InChI=1S/C22H26F3IO/c1-21(2,17-7-4-3-5-8-17)18-10-12-20(13-11-18)27-16-6-9-19(26)14-15-22(23,24)25/h3-5,7-8,10-13,19H,6,9,14-16H2,1-2H3. The Morgan fingerprint density at radius 2 is 1.48 bits per heavy atom. The van der Waals surface area contributed by atoms with Gasteiger partial charge in [-0.1, -0.05) is 78.9 Å². The molecule has 27 heavy (non-hydrogen) atoms. The van der Waals surface area contributed by atoms with Crippen molar-refractivity contribution >= 4 is 22.6 Å². The SMILES string of the molecule is CC(C)(c1ccccc1)c1ccc(OCCCC(I)CCC(F)(F)F)cc1.